The van der Waals surface area contributed by atoms with Crippen LogP contribution in [-0.2, 0) is 13.1 Å². The van der Waals surface area contributed by atoms with E-state index in [4.69, 9.17) is 5.11 Å². The van der Waals surface area contributed by atoms with Crippen LogP contribution in [0.4, 0.5) is 0 Å². The number of hydrogen-bond acceptors (Lipinski definition) is 2. The first-order valence-electron chi connectivity index (χ1n) is 6.72. The lowest BCUT2D eigenvalue weighted by Gasteiger charge is -2.12. The second kappa shape index (κ2) is 8.31. The molecular formula is C14H26N2O. The highest BCUT2D eigenvalue weighted by Gasteiger charge is 2.01. The van der Waals surface area contributed by atoms with Crippen LogP contribution in [-0.4, -0.2) is 22.3 Å². The van der Waals surface area contributed by atoms with Gasteiger partial charge in [0.1, 0.15) is 0 Å². The van der Waals surface area contributed by atoms with Gasteiger partial charge in [-0.1, -0.05) is 26.7 Å². The van der Waals surface area contributed by atoms with Gasteiger partial charge in [-0.15, -0.1) is 0 Å². The zero-order valence-corrected chi connectivity index (χ0v) is 11.2. The van der Waals surface area contributed by atoms with Crippen LogP contribution in [0.3, 0.4) is 0 Å². The molecule has 0 unspecified atom stereocenters. The number of hydrogen-bond donors (Lipinski definition) is 2. The summed E-state index contributed by atoms with van der Waals surface area (Å²) in [6.07, 6.45) is 6.63. The van der Waals surface area contributed by atoms with Gasteiger partial charge in [-0.3, -0.25) is 0 Å². The van der Waals surface area contributed by atoms with Crippen molar-refractivity contribution < 1.29 is 5.11 Å². The SMILES string of the molecule is CC(C)NCc1cccn1CCCCCCO. The molecule has 0 aromatic carbocycles. The quantitative estimate of drug-likeness (QED) is 0.649. The number of aryl methyl sites for hydroxylation is 1. The second-order valence-corrected chi connectivity index (χ2v) is 4.87. The molecule has 0 radical (unpaired) electrons. The summed E-state index contributed by atoms with van der Waals surface area (Å²) in [6.45, 7) is 6.70. The molecule has 1 rings (SSSR count). The van der Waals surface area contributed by atoms with Crippen molar-refractivity contribution in [2.45, 2.75) is 58.7 Å². The molecule has 17 heavy (non-hydrogen) atoms. The van der Waals surface area contributed by atoms with Crippen molar-refractivity contribution in [2.24, 2.45) is 0 Å². The van der Waals surface area contributed by atoms with Crippen LogP contribution in [0, 0.1) is 0 Å². The maximum atomic E-state index is 8.70. The van der Waals surface area contributed by atoms with E-state index < -0.39 is 0 Å². The molecular weight excluding hydrogens is 212 g/mol. The highest BCUT2D eigenvalue weighted by Crippen LogP contribution is 2.07. The summed E-state index contributed by atoms with van der Waals surface area (Å²) in [5, 5.41) is 12.1. The number of aliphatic hydroxyl groups excluding tert-OH is 1. The highest BCUT2D eigenvalue weighted by molar-refractivity contribution is 5.06. The first kappa shape index (κ1) is 14.3. The molecule has 0 bridgehead atoms. The smallest absolute Gasteiger partial charge is 0.0431 e. The third-order valence-electron chi connectivity index (χ3n) is 2.92. The van der Waals surface area contributed by atoms with E-state index in [0.29, 0.717) is 12.6 Å². The molecule has 0 aliphatic carbocycles. The van der Waals surface area contributed by atoms with Crippen molar-refractivity contribution in [3.63, 3.8) is 0 Å². The summed E-state index contributed by atoms with van der Waals surface area (Å²) in [7, 11) is 0. The Morgan fingerprint density at radius 2 is 2.00 bits per heavy atom. The van der Waals surface area contributed by atoms with Crippen molar-refractivity contribution in [2.75, 3.05) is 6.61 Å². The molecule has 1 heterocycles. The summed E-state index contributed by atoms with van der Waals surface area (Å²) < 4.78 is 2.33. The lowest BCUT2D eigenvalue weighted by atomic mass is 10.2. The van der Waals surface area contributed by atoms with Gasteiger partial charge in [0, 0.05) is 37.6 Å². The van der Waals surface area contributed by atoms with E-state index in [2.05, 4.69) is 42.1 Å². The fourth-order valence-electron chi connectivity index (χ4n) is 1.88. The Bertz CT molecular complexity index is 294. The van der Waals surface area contributed by atoms with Gasteiger partial charge in [-0.2, -0.15) is 0 Å². The van der Waals surface area contributed by atoms with Crippen LogP contribution in [0.1, 0.15) is 45.2 Å². The molecule has 1 aromatic heterocycles. The van der Waals surface area contributed by atoms with Gasteiger partial charge in [0.15, 0.2) is 0 Å². The van der Waals surface area contributed by atoms with Crippen molar-refractivity contribution in [1.29, 1.82) is 0 Å². The second-order valence-electron chi connectivity index (χ2n) is 4.87. The predicted octanol–water partition coefficient (Wildman–Crippen LogP) is 2.54. The monoisotopic (exact) mass is 238 g/mol. The Balaban J connectivity index is 2.25. The molecule has 0 fully saturated rings. The van der Waals surface area contributed by atoms with Crippen molar-refractivity contribution in [3.05, 3.63) is 24.0 Å². The van der Waals surface area contributed by atoms with E-state index in [0.717, 1.165) is 25.9 Å². The highest BCUT2D eigenvalue weighted by atomic mass is 16.2. The van der Waals surface area contributed by atoms with E-state index >= 15 is 0 Å². The molecule has 0 aliphatic rings. The molecule has 0 amide bonds. The molecule has 0 spiro atoms. The number of unbranched alkanes of at least 4 members (excludes halogenated alkanes) is 3. The number of nitrogens with zero attached hydrogens (tertiary/aromatic N) is 1. The summed E-state index contributed by atoms with van der Waals surface area (Å²) in [5.74, 6) is 0. The normalized spacial score (nSPS) is 11.3. The number of aromatic nitrogens is 1. The molecule has 0 saturated heterocycles. The maximum absolute atomic E-state index is 8.70. The largest absolute Gasteiger partial charge is 0.396 e. The fraction of sp³-hybridized carbons (Fsp3) is 0.714. The Morgan fingerprint density at radius 1 is 1.24 bits per heavy atom. The van der Waals surface area contributed by atoms with E-state index in [9.17, 15) is 0 Å². The number of rotatable bonds is 9. The third-order valence-corrected chi connectivity index (χ3v) is 2.92. The topological polar surface area (TPSA) is 37.2 Å². The van der Waals surface area contributed by atoms with Gasteiger partial charge < -0.3 is 15.0 Å². The minimum atomic E-state index is 0.326. The zero-order valence-electron chi connectivity index (χ0n) is 11.2. The lowest BCUT2D eigenvalue weighted by Crippen LogP contribution is -2.23. The van der Waals surface area contributed by atoms with Crippen LogP contribution in [0.15, 0.2) is 18.3 Å². The van der Waals surface area contributed by atoms with E-state index in [-0.39, 0.29) is 0 Å². The van der Waals surface area contributed by atoms with Gasteiger partial charge in [0.25, 0.3) is 0 Å². The van der Waals surface area contributed by atoms with Crippen LogP contribution < -0.4 is 5.32 Å². The number of aliphatic hydroxyl groups is 1. The first-order chi connectivity index (χ1) is 8.24. The molecule has 98 valence electrons. The Hall–Kier alpha value is -0.800. The van der Waals surface area contributed by atoms with Gasteiger partial charge in [-0.05, 0) is 25.0 Å². The number of nitrogens with one attached hydrogen (secondary N) is 1. The van der Waals surface area contributed by atoms with Crippen molar-refractivity contribution >= 4 is 0 Å². The summed E-state index contributed by atoms with van der Waals surface area (Å²) in [4.78, 5) is 0. The molecule has 2 N–H and O–H groups in total. The molecule has 0 saturated carbocycles. The molecule has 0 aliphatic heterocycles. The van der Waals surface area contributed by atoms with Gasteiger partial charge in [0.05, 0.1) is 0 Å². The van der Waals surface area contributed by atoms with E-state index in [1.165, 1.54) is 18.5 Å². The first-order valence-corrected chi connectivity index (χ1v) is 6.72. The zero-order chi connectivity index (χ0) is 12.5. The minimum absolute atomic E-state index is 0.326. The summed E-state index contributed by atoms with van der Waals surface area (Å²) >= 11 is 0. The van der Waals surface area contributed by atoms with E-state index in [1.807, 2.05) is 0 Å². The van der Waals surface area contributed by atoms with Crippen LogP contribution >= 0.6 is 0 Å². The molecule has 3 heteroatoms. The van der Waals surface area contributed by atoms with Crippen LogP contribution in [0.5, 0.6) is 0 Å². The van der Waals surface area contributed by atoms with Gasteiger partial charge >= 0.3 is 0 Å². The molecule has 1 aromatic rings. The Labute approximate surface area is 105 Å². The lowest BCUT2D eigenvalue weighted by molar-refractivity contribution is 0.282. The molecule has 3 nitrogen and oxygen atoms in total. The van der Waals surface area contributed by atoms with Crippen molar-refractivity contribution in [3.8, 4) is 0 Å². The summed E-state index contributed by atoms with van der Waals surface area (Å²) in [6, 6.07) is 4.83. The predicted molar refractivity (Wildman–Crippen MR) is 72.0 cm³/mol. The summed E-state index contributed by atoms with van der Waals surface area (Å²) in [5.41, 5.74) is 1.36. The van der Waals surface area contributed by atoms with E-state index in [1.54, 1.807) is 0 Å². The minimum Gasteiger partial charge on any atom is -0.396 e. The fourth-order valence-corrected chi connectivity index (χ4v) is 1.88. The van der Waals surface area contributed by atoms with Crippen LogP contribution in [0.2, 0.25) is 0 Å². The third kappa shape index (κ3) is 5.89. The van der Waals surface area contributed by atoms with Crippen molar-refractivity contribution in [1.82, 2.24) is 9.88 Å². The average molecular weight is 238 g/mol. The maximum Gasteiger partial charge on any atom is 0.0431 e. The average Bonchev–Trinajstić information content (AvgIpc) is 2.73. The molecule has 0 atom stereocenters. The Morgan fingerprint density at radius 3 is 2.71 bits per heavy atom. The standard InChI is InChI=1S/C14H26N2O/c1-13(2)15-12-14-8-7-10-16(14)9-5-3-4-6-11-17/h7-8,10,13,15,17H,3-6,9,11-12H2,1-2H3. The van der Waals surface area contributed by atoms with Gasteiger partial charge in [-0.25, -0.2) is 0 Å². The Kier molecular flexibility index (Phi) is 6.97. The van der Waals surface area contributed by atoms with Crippen LogP contribution in [0.25, 0.3) is 0 Å². The van der Waals surface area contributed by atoms with Gasteiger partial charge in [0.2, 0.25) is 0 Å².